The highest BCUT2D eigenvalue weighted by Crippen LogP contribution is 2.01. The molecule has 0 aliphatic carbocycles. The van der Waals surface area contributed by atoms with Gasteiger partial charge < -0.3 is 15.8 Å². The monoisotopic (exact) mass is 251 g/mol. The molecule has 0 spiro atoms. The van der Waals surface area contributed by atoms with Crippen molar-refractivity contribution in [2.75, 3.05) is 13.7 Å². The minimum absolute atomic E-state index is 0.132. The summed E-state index contributed by atoms with van der Waals surface area (Å²) in [6, 6.07) is 2.04. The number of methoxy groups -OCH3 is 1. The van der Waals surface area contributed by atoms with Crippen LogP contribution in [0.2, 0.25) is 0 Å². The molecule has 1 unspecified atom stereocenters. The van der Waals surface area contributed by atoms with Gasteiger partial charge in [-0.3, -0.25) is 0 Å². The molecule has 0 saturated carbocycles. The molecule has 100 valence electrons. The van der Waals surface area contributed by atoms with E-state index in [2.05, 4.69) is 20.3 Å². The molecule has 1 rings (SSSR count). The topological polar surface area (TPSA) is 85.4 Å². The molecule has 6 heteroatoms. The van der Waals surface area contributed by atoms with Gasteiger partial charge in [-0.2, -0.15) is 0 Å². The van der Waals surface area contributed by atoms with E-state index in [0.29, 0.717) is 19.1 Å². The van der Waals surface area contributed by atoms with E-state index in [1.807, 2.05) is 26.8 Å². The lowest BCUT2D eigenvalue weighted by Gasteiger charge is -2.13. The molecule has 0 saturated heterocycles. The van der Waals surface area contributed by atoms with Gasteiger partial charge in [-0.25, -0.2) is 15.0 Å². The number of aliphatic imine (C=N–C) groups is 1. The minimum atomic E-state index is 0.132. The van der Waals surface area contributed by atoms with E-state index < -0.39 is 0 Å². The first-order valence-electron chi connectivity index (χ1n) is 5.88. The number of aromatic nitrogens is 2. The quantitative estimate of drug-likeness (QED) is 0.589. The van der Waals surface area contributed by atoms with Crippen molar-refractivity contribution in [1.82, 2.24) is 15.3 Å². The van der Waals surface area contributed by atoms with Gasteiger partial charge in [-0.15, -0.1) is 0 Å². The second kappa shape index (κ2) is 6.90. The predicted octanol–water partition coefficient (Wildman–Crippen LogP) is 0.533. The van der Waals surface area contributed by atoms with Gasteiger partial charge in [0.15, 0.2) is 5.96 Å². The third-order valence-electron chi connectivity index (χ3n) is 2.24. The van der Waals surface area contributed by atoms with Crippen LogP contribution in [-0.4, -0.2) is 35.7 Å². The highest BCUT2D eigenvalue weighted by atomic mass is 16.5. The van der Waals surface area contributed by atoms with Crippen LogP contribution in [0, 0.1) is 13.8 Å². The third kappa shape index (κ3) is 5.09. The van der Waals surface area contributed by atoms with Crippen molar-refractivity contribution in [2.45, 2.75) is 33.4 Å². The number of nitrogens with one attached hydrogen (secondary N) is 1. The lowest BCUT2D eigenvalue weighted by molar-refractivity contribution is 0.179. The van der Waals surface area contributed by atoms with Crippen LogP contribution >= 0.6 is 0 Å². The summed E-state index contributed by atoms with van der Waals surface area (Å²) in [7, 11) is 1.65. The molecule has 0 fully saturated rings. The molecular weight excluding hydrogens is 230 g/mol. The van der Waals surface area contributed by atoms with Gasteiger partial charge in [0.05, 0.1) is 18.8 Å². The number of rotatable bonds is 5. The van der Waals surface area contributed by atoms with Crippen LogP contribution in [-0.2, 0) is 11.3 Å². The Bertz CT molecular complexity index is 399. The van der Waals surface area contributed by atoms with E-state index in [-0.39, 0.29) is 6.04 Å². The van der Waals surface area contributed by atoms with Gasteiger partial charge >= 0.3 is 0 Å². The van der Waals surface area contributed by atoms with Gasteiger partial charge in [-0.05, 0) is 26.8 Å². The van der Waals surface area contributed by atoms with E-state index in [1.165, 1.54) is 0 Å². The maximum absolute atomic E-state index is 5.77. The van der Waals surface area contributed by atoms with E-state index in [4.69, 9.17) is 10.5 Å². The van der Waals surface area contributed by atoms with Gasteiger partial charge in [0, 0.05) is 18.8 Å². The van der Waals surface area contributed by atoms with E-state index in [9.17, 15) is 0 Å². The van der Waals surface area contributed by atoms with Crippen molar-refractivity contribution in [3.8, 4) is 0 Å². The van der Waals surface area contributed by atoms with Crippen molar-refractivity contribution in [3.63, 3.8) is 0 Å². The number of hydrogen-bond acceptors (Lipinski definition) is 4. The highest BCUT2D eigenvalue weighted by Gasteiger charge is 2.02. The second-order valence-electron chi connectivity index (χ2n) is 4.25. The van der Waals surface area contributed by atoms with Crippen LogP contribution in [0.25, 0.3) is 0 Å². The van der Waals surface area contributed by atoms with Crippen LogP contribution in [0.5, 0.6) is 0 Å². The molecule has 1 aromatic heterocycles. The first-order chi connectivity index (χ1) is 8.51. The van der Waals surface area contributed by atoms with E-state index in [1.54, 1.807) is 7.11 Å². The summed E-state index contributed by atoms with van der Waals surface area (Å²) >= 11 is 0. The second-order valence-corrected chi connectivity index (χ2v) is 4.25. The van der Waals surface area contributed by atoms with E-state index in [0.717, 1.165) is 17.2 Å². The molecular formula is C12H21N5O. The molecule has 0 aliphatic rings. The Morgan fingerprint density at radius 1 is 1.50 bits per heavy atom. The molecule has 0 amide bonds. The van der Waals surface area contributed by atoms with Crippen LogP contribution in [0.4, 0.5) is 0 Å². The molecule has 18 heavy (non-hydrogen) atoms. The smallest absolute Gasteiger partial charge is 0.189 e. The summed E-state index contributed by atoms with van der Waals surface area (Å²) in [6.07, 6.45) is 0. The van der Waals surface area contributed by atoms with Gasteiger partial charge in [0.2, 0.25) is 0 Å². The molecule has 6 nitrogen and oxygen atoms in total. The van der Waals surface area contributed by atoms with Gasteiger partial charge in [0.1, 0.15) is 5.82 Å². The standard InChI is InChI=1S/C12H21N5O/c1-8-5-11(17-10(3)15-8)6-14-12(13)16-9(2)7-18-4/h5,9H,6-7H2,1-4H3,(H3,13,14,16). The lowest BCUT2D eigenvalue weighted by Crippen LogP contribution is -2.40. The van der Waals surface area contributed by atoms with Crippen molar-refractivity contribution >= 4 is 5.96 Å². The Morgan fingerprint density at radius 3 is 2.83 bits per heavy atom. The van der Waals surface area contributed by atoms with Crippen molar-refractivity contribution in [3.05, 3.63) is 23.3 Å². The number of ether oxygens (including phenoxy) is 1. The Hall–Kier alpha value is -1.69. The Morgan fingerprint density at radius 2 is 2.22 bits per heavy atom. The zero-order valence-corrected chi connectivity index (χ0v) is 11.4. The fourth-order valence-corrected chi connectivity index (χ4v) is 1.63. The zero-order valence-electron chi connectivity index (χ0n) is 11.4. The van der Waals surface area contributed by atoms with Crippen molar-refractivity contribution in [1.29, 1.82) is 0 Å². The summed E-state index contributed by atoms with van der Waals surface area (Å²) in [4.78, 5) is 12.7. The predicted molar refractivity (Wildman–Crippen MR) is 71.3 cm³/mol. The van der Waals surface area contributed by atoms with Crippen LogP contribution < -0.4 is 11.1 Å². The summed E-state index contributed by atoms with van der Waals surface area (Å²) in [5.74, 6) is 1.15. The number of aryl methyl sites for hydroxylation is 2. The first kappa shape index (κ1) is 14.4. The van der Waals surface area contributed by atoms with Crippen LogP contribution in [0.15, 0.2) is 11.1 Å². The summed E-state index contributed by atoms with van der Waals surface area (Å²) in [6.45, 7) is 6.81. The molecule has 1 aromatic rings. The Labute approximate surface area is 108 Å². The van der Waals surface area contributed by atoms with Gasteiger partial charge in [-0.1, -0.05) is 0 Å². The van der Waals surface area contributed by atoms with Crippen LogP contribution in [0.1, 0.15) is 24.1 Å². The average molecular weight is 251 g/mol. The highest BCUT2D eigenvalue weighted by molar-refractivity contribution is 5.78. The average Bonchev–Trinajstić information content (AvgIpc) is 2.25. The fourth-order valence-electron chi connectivity index (χ4n) is 1.63. The fraction of sp³-hybridized carbons (Fsp3) is 0.583. The van der Waals surface area contributed by atoms with Crippen molar-refractivity contribution < 1.29 is 4.74 Å². The van der Waals surface area contributed by atoms with E-state index >= 15 is 0 Å². The summed E-state index contributed by atoms with van der Waals surface area (Å²) in [5.41, 5.74) is 7.57. The summed E-state index contributed by atoms with van der Waals surface area (Å²) in [5, 5.41) is 3.04. The number of nitrogens with zero attached hydrogens (tertiary/aromatic N) is 3. The molecule has 0 aromatic carbocycles. The molecule has 0 aliphatic heterocycles. The zero-order chi connectivity index (χ0) is 13.5. The minimum Gasteiger partial charge on any atom is -0.383 e. The molecule has 0 bridgehead atoms. The normalized spacial score (nSPS) is 13.4. The number of hydrogen-bond donors (Lipinski definition) is 2. The van der Waals surface area contributed by atoms with Gasteiger partial charge in [0.25, 0.3) is 0 Å². The van der Waals surface area contributed by atoms with Crippen LogP contribution in [0.3, 0.4) is 0 Å². The number of nitrogens with two attached hydrogens (primary N) is 1. The third-order valence-corrected chi connectivity index (χ3v) is 2.24. The Kier molecular flexibility index (Phi) is 5.51. The molecule has 1 atom stereocenters. The molecule has 3 N–H and O–H groups in total. The number of guanidine groups is 1. The summed E-state index contributed by atoms with van der Waals surface area (Å²) < 4.78 is 5.01. The lowest BCUT2D eigenvalue weighted by atomic mass is 10.3. The maximum Gasteiger partial charge on any atom is 0.189 e. The largest absolute Gasteiger partial charge is 0.383 e. The molecule has 0 radical (unpaired) electrons. The first-order valence-corrected chi connectivity index (χ1v) is 5.88. The Balaban J connectivity index is 2.56. The molecule has 1 heterocycles. The maximum atomic E-state index is 5.77. The van der Waals surface area contributed by atoms with Crippen molar-refractivity contribution in [2.24, 2.45) is 10.7 Å². The SMILES string of the molecule is COCC(C)NC(N)=NCc1cc(C)nc(C)n1.